The summed E-state index contributed by atoms with van der Waals surface area (Å²) in [5, 5.41) is 0. The summed E-state index contributed by atoms with van der Waals surface area (Å²) in [5.74, 6) is 1.72. The molecule has 14 heteroatoms. The zero-order chi connectivity index (χ0) is 74.8. The molecule has 0 spiro atoms. The lowest BCUT2D eigenvalue weighted by Gasteiger charge is -2.19. The number of aromatic nitrogens is 6. The molecule has 6 aromatic heterocycles. The molecule has 0 bridgehead atoms. The van der Waals surface area contributed by atoms with Crippen LogP contribution in [0.1, 0.15) is 293 Å². The number of benzene rings is 1. The quantitative estimate of drug-likeness (QED) is 0.140. The fourth-order valence-electron chi connectivity index (χ4n) is 7.12. The van der Waals surface area contributed by atoms with Gasteiger partial charge in [0, 0.05) is 58.5 Å². The molecule has 7 nitrogen and oxygen atoms in total. The minimum atomic E-state index is -4.46. The van der Waals surface area contributed by atoms with E-state index in [2.05, 4.69) is 272 Å². The van der Waals surface area contributed by atoms with Gasteiger partial charge in [0.2, 0.25) is 5.82 Å². The first-order chi connectivity index (χ1) is 42.5. The second-order valence-corrected chi connectivity index (χ2v) is 36.3. The molecule has 1 aliphatic carbocycles. The van der Waals surface area contributed by atoms with E-state index in [9.17, 15) is 26.3 Å². The Labute approximate surface area is 578 Å². The number of aryl methyl sites for hydroxylation is 3. The summed E-state index contributed by atoms with van der Waals surface area (Å²) in [4.78, 5) is 24.9. The van der Waals surface area contributed by atoms with Crippen LogP contribution in [-0.2, 0) is 50.3 Å². The van der Waals surface area contributed by atoms with E-state index < -0.39 is 23.9 Å². The summed E-state index contributed by atoms with van der Waals surface area (Å²) >= 11 is 1.89. The zero-order valence-corrected chi connectivity index (χ0v) is 66.2. The van der Waals surface area contributed by atoms with E-state index in [0.717, 1.165) is 29.2 Å². The summed E-state index contributed by atoms with van der Waals surface area (Å²) in [7, 11) is 0. The molecule has 0 atom stereocenters. The third-order valence-electron chi connectivity index (χ3n) is 13.3. The van der Waals surface area contributed by atoms with Crippen molar-refractivity contribution in [1.29, 1.82) is 0 Å². The number of thiophene rings is 1. The predicted octanol–water partition coefficient (Wildman–Crippen LogP) is 26.0. The number of hydrogen-bond acceptors (Lipinski definition) is 8. The molecule has 0 unspecified atom stereocenters. The van der Waals surface area contributed by atoms with Crippen LogP contribution in [0.5, 0.6) is 0 Å². The molecule has 0 amide bonds. The molecule has 1 fully saturated rings. The van der Waals surface area contributed by atoms with Gasteiger partial charge in [0.25, 0.3) is 0 Å². The van der Waals surface area contributed by atoms with Crippen molar-refractivity contribution in [3.8, 4) is 0 Å². The Kier molecular flexibility index (Phi) is 36.9. The third kappa shape index (κ3) is 44.6. The van der Waals surface area contributed by atoms with E-state index >= 15 is 0 Å². The van der Waals surface area contributed by atoms with Gasteiger partial charge in [0.1, 0.15) is 11.5 Å². The smallest absolute Gasteiger partial charge is 0.448 e. The third-order valence-corrected chi connectivity index (χ3v) is 14.7. The first-order valence-electron chi connectivity index (χ1n) is 33.3. The maximum atomic E-state index is 12.2. The molecule has 95 heavy (non-hydrogen) atoms. The average Bonchev–Trinajstić information content (AvgIpc) is 1.77. The fraction of sp³-hybridized carbons (Fsp3) is 0.605. The van der Waals surface area contributed by atoms with Gasteiger partial charge in [-0.2, -0.15) is 26.3 Å². The van der Waals surface area contributed by atoms with Crippen molar-refractivity contribution in [1.82, 2.24) is 29.9 Å². The highest BCUT2D eigenvalue weighted by molar-refractivity contribution is 7.12. The highest BCUT2D eigenvalue weighted by Crippen LogP contribution is 2.44. The molecule has 0 N–H and O–H groups in total. The molecule has 0 aliphatic heterocycles. The summed E-state index contributed by atoms with van der Waals surface area (Å²) in [6.07, 6.45) is 8.60. The van der Waals surface area contributed by atoms with E-state index in [1.807, 2.05) is 77.5 Å². The summed E-state index contributed by atoms with van der Waals surface area (Å²) in [6, 6.07) is 21.8. The first-order valence-corrected chi connectivity index (χ1v) is 34.1. The Morgan fingerprint density at radius 3 is 1.08 bits per heavy atom. The second-order valence-electron chi connectivity index (χ2n) is 35.0. The molecule has 1 aliphatic rings. The molecule has 1 saturated carbocycles. The van der Waals surface area contributed by atoms with E-state index in [1.54, 1.807) is 12.4 Å². The van der Waals surface area contributed by atoms with Gasteiger partial charge in [-0.25, -0.2) is 15.0 Å². The maximum Gasteiger partial charge on any atom is 0.451 e. The monoisotopic (exact) mass is 1350 g/mol. The number of pyridine rings is 3. The normalized spacial score (nSPS) is 12.8. The van der Waals surface area contributed by atoms with Crippen molar-refractivity contribution < 1.29 is 30.8 Å². The van der Waals surface area contributed by atoms with Crippen LogP contribution in [-0.4, -0.2) is 29.9 Å². The van der Waals surface area contributed by atoms with Gasteiger partial charge in [-0.1, -0.05) is 263 Å². The zero-order valence-electron chi connectivity index (χ0n) is 65.4. The highest BCUT2D eigenvalue weighted by atomic mass is 32.1. The first kappa shape index (κ1) is 91.3. The Morgan fingerprint density at radius 1 is 0.411 bits per heavy atom. The molecular weight excluding hydrogens is 1220 g/mol. The van der Waals surface area contributed by atoms with Crippen LogP contribution < -0.4 is 0 Å². The second kappa shape index (κ2) is 38.4. The van der Waals surface area contributed by atoms with Gasteiger partial charge >= 0.3 is 12.4 Å². The fourth-order valence-corrected chi connectivity index (χ4v) is 8.05. The maximum absolute atomic E-state index is 12.2. The SMILES string of the molecule is CC(C)(C)C.CC(C)(C)C1CC1.CC(C)(C)c1ccc(C(F)(F)F)nc1.CC(C)(C)c1cccnc1.CC(C)(C)c1cnc(C(F)(F)F)nc1.CC(C)(C)c1cnco1.CC(C)C.Cc1ccc(C(C)(C)C)s1.Cc1cccc(C(C)(C)C)c1.Cc1cncc(C(C)(C)C)c1. The van der Waals surface area contributed by atoms with Crippen molar-refractivity contribution in [2.75, 3.05) is 0 Å². The van der Waals surface area contributed by atoms with Crippen molar-refractivity contribution in [2.24, 2.45) is 22.7 Å². The Balaban J connectivity index is 0. The molecule has 536 valence electrons. The van der Waals surface area contributed by atoms with Crippen molar-refractivity contribution >= 4 is 11.3 Å². The average molecular weight is 1350 g/mol. The van der Waals surface area contributed by atoms with Crippen LogP contribution in [0.3, 0.4) is 0 Å². The van der Waals surface area contributed by atoms with Crippen LogP contribution in [0.2, 0.25) is 0 Å². The molecular formula is C81H128F6N6OS. The van der Waals surface area contributed by atoms with Gasteiger partial charge in [0.05, 0.1) is 6.20 Å². The van der Waals surface area contributed by atoms with Gasteiger partial charge in [0.15, 0.2) is 6.39 Å². The number of hydrogen-bond donors (Lipinski definition) is 0. The number of oxazole rings is 1. The van der Waals surface area contributed by atoms with Gasteiger partial charge < -0.3 is 4.42 Å². The summed E-state index contributed by atoms with van der Waals surface area (Å²) < 4.78 is 77.8. The topological polar surface area (TPSA) is 90.5 Å². The lowest BCUT2D eigenvalue weighted by Crippen LogP contribution is -2.16. The van der Waals surface area contributed by atoms with Crippen molar-refractivity contribution in [3.63, 3.8) is 0 Å². The molecule has 7 aromatic rings. The molecule has 0 radical (unpaired) electrons. The van der Waals surface area contributed by atoms with Crippen LogP contribution in [0.25, 0.3) is 0 Å². The van der Waals surface area contributed by atoms with Crippen molar-refractivity contribution in [2.45, 2.75) is 299 Å². The molecule has 6 heterocycles. The Bertz CT molecular complexity index is 2940. The molecule has 0 saturated heterocycles. The van der Waals surface area contributed by atoms with E-state index in [-0.39, 0.29) is 32.5 Å². The molecule has 1 aromatic carbocycles. The highest BCUT2D eigenvalue weighted by Gasteiger charge is 2.35. The summed E-state index contributed by atoms with van der Waals surface area (Å²) in [5.41, 5.74) is 9.09. The largest absolute Gasteiger partial charge is 0.451 e. The number of alkyl halides is 6. The predicted molar refractivity (Wildman–Crippen MR) is 395 cm³/mol. The van der Waals surface area contributed by atoms with E-state index in [1.165, 1.54) is 81.5 Å². The minimum Gasteiger partial charge on any atom is -0.448 e. The number of rotatable bonds is 0. The van der Waals surface area contributed by atoms with Crippen LogP contribution in [0, 0.1) is 43.4 Å². The van der Waals surface area contributed by atoms with Gasteiger partial charge in [-0.15, -0.1) is 11.3 Å². The van der Waals surface area contributed by atoms with E-state index in [0.29, 0.717) is 21.8 Å². The van der Waals surface area contributed by atoms with Gasteiger partial charge in [-0.3, -0.25) is 15.0 Å². The standard InChI is InChI=1S/C11H16.C10H12F3N.C10H15N.C9H11F3N2.C9H13N.C9H14S.C7H11NO.C7H14.C5H12.C4H10/c1-9-6-5-7-10(8-9)11(2,3)4;1-9(2,3)7-4-5-8(14-6-7)10(11,12)13;1-8-5-9(7-11-6-8)10(2,3)4;1-8(2,3)6-4-13-7(14-5-6)9(10,11)12;1-9(2,3)8-5-4-6-10-7-8;1-7-5-6-8(10-7)9(2,3)4;1-7(2,3)6-4-8-5-9-6;1-7(2,3)6-4-5-6;1-5(2,3)4;1-4(2)3/h5-8H,1-4H3;4-6H,1-3H3;5-7H,1-4H3;4-5H,1-3H3;4-7H,1-3H3;5-6H,1-4H3;4-5H,1-3H3;6H,4-5H2,1-3H3;1-4H3;4H,1-3H3. The van der Waals surface area contributed by atoms with Crippen molar-refractivity contribution in [3.05, 3.63) is 189 Å². The lowest BCUT2D eigenvalue weighted by atomic mass is 9.86. The van der Waals surface area contributed by atoms with E-state index in [4.69, 9.17) is 4.42 Å². The Morgan fingerprint density at radius 2 is 0.842 bits per heavy atom. The van der Waals surface area contributed by atoms with Crippen LogP contribution in [0.4, 0.5) is 26.3 Å². The lowest BCUT2D eigenvalue weighted by molar-refractivity contribution is -0.145. The van der Waals surface area contributed by atoms with Crippen LogP contribution >= 0.6 is 11.3 Å². The number of nitrogens with zero attached hydrogens (tertiary/aromatic N) is 6. The van der Waals surface area contributed by atoms with Gasteiger partial charge in [-0.05, 0) is 146 Å². The van der Waals surface area contributed by atoms with Crippen LogP contribution in [0.15, 0.2) is 127 Å². The molecule has 8 rings (SSSR count). The Hall–Kier alpha value is -5.76. The minimum absolute atomic E-state index is 0.0938. The summed E-state index contributed by atoms with van der Waals surface area (Å²) in [6.45, 7) is 72.9. The number of halogens is 6.